The van der Waals surface area contributed by atoms with Gasteiger partial charge in [-0.1, -0.05) is 36.4 Å². The molecule has 0 unspecified atom stereocenters. The van der Waals surface area contributed by atoms with Crippen LogP contribution in [0.2, 0.25) is 0 Å². The minimum Gasteiger partial charge on any atom is -0.462 e. The highest BCUT2D eigenvalue weighted by Gasteiger charge is 2.26. The summed E-state index contributed by atoms with van der Waals surface area (Å²) in [6.45, 7) is 2.01. The summed E-state index contributed by atoms with van der Waals surface area (Å²) < 4.78 is 5.88. The quantitative estimate of drug-likeness (QED) is 0.579. The number of benzene rings is 2. The number of furan rings is 1. The Morgan fingerprint density at radius 1 is 0.917 bits per heavy atom. The van der Waals surface area contributed by atoms with E-state index in [9.17, 15) is 0 Å². The van der Waals surface area contributed by atoms with Crippen LogP contribution in [0.25, 0.3) is 22.8 Å². The molecule has 2 aliphatic carbocycles. The van der Waals surface area contributed by atoms with Crippen molar-refractivity contribution >= 4 is 11.6 Å². The monoisotopic (exact) mass is 312 g/mol. The molecule has 0 saturated heterocycles. The molecule has 0 N–H and O–H groups in total. The molecule has 1 nitrogen and oxygen atoms in total. The summed E-state index contributed by atoms with van der Waals surface area (Å²) in [6.07, 6.45) is 7.01. The molecule has 118 valence electrons. The maximum atomic E-state index is 5.88. The lowest BCUT2D eigenvalue weighted by Crippen LogP contribution is -1.97. The number of hydrogen-bond acceptors (Lipinski definition) is 1. The van der Waals surface area contributed by atoms with Gasteiger partial charge in [0.1, 0.15) is 11.5 Å². The molecule has 0 spiro atoms. The molecule has 1 aromatic heterocycles. The Morgan fingerprint density at radius 3 is 2.58 bits per heavy atom. The van der Waals surface area contributed by atoms with Gasteiger partial charge in [0.2, 0.25) is 0 Å². The van der Waals surface area contributed by atoms with E-state index in [1.165, 1.54) is 47.1 Å². The predicted octanol–water partition coefficient (Wildman–Crippen LogP) is 5.84. The molecule has 3 aromatic rings. The van der Waals surface area contributed by atoms with Crippen LogP contribution in [-0.2, 0) is 19.3 Å². The third-order valence-corrected chi connectivity index (χ3v) is 5.36. The van der Waals surface area contributed by atoms with E-state index < -0.39 is 0 Å². The zero-order valence-corrected chi connectivity index (χ0v) is 13.9. The summed E-state index contributed by atoms with van der Waals surface area (Å²) in [4.78, 5) is 0. The Hall–Kier alpha value is -2.54. The van der Waals surface area contributed by atoms with Crippen LogP contribution < -0.4 is 0 Å². The van der Waals surface area contributed by atoms with Crippen molar-refractivity contribution in [1.29, 1.82) is 0 Å². The summed E-state index contributed by atoms with van der Waals surface area (Å²) in [5, 5.41) is 0. The number of hydrogen-bond donors (Lipinski definition) is 0. The first-order valence-electron chi connectivity index (χ1n) is 8.80. The van der Waals surface area contributed by atoms with Crippen LogP contribution in [0, 0.1) is 6.92 Å². The summed E-state index contributed by atoms with van der Waals surface area (Å²) in [6, 6.07) is 17.5. The molecular weight excluding hydrogens is 292 g/mol. The van der Waals surface area contributed by atoms with Gasteiger partial charge in [-0.3, -0.25) is 0 Å². The topological polar surface area (TPSA) is 13.1 Å². The fourth-order valence-corrected chi connectivity index (χ4v) is 4.28. The number of fused-ring (bicyclic) bond motifs is 2. The second-order valence-electron chi connectivity index (χ2n) is 6.93. The summed E-state index contributed by atoms with van der Waals surface area (Å²) >= 11 is 0. The van der Waals surface area contributed by atoms with Crippen molar-refractivity contribution in [2.75, 3.05) is 0 Å². The van der Waals surface area contributed by atoms with Gasteiger partial charge < -0.3 is 4.42 Å². The number of rotatable bonds is 2. The van der Waals surface area contributed by atoms with Crippen LogP contribution in [0.3, 0.4) is 0 Å². The third-order valence-electron chi connectivity index (χ3n) is 5.36. The van der Waals surface area contributed by atoms with Gasteiger partial charge in [0.15, 0.2) is 0 Å². The van der Waals surface area contributed by atoms with Gasteiger partial charge >= 0.3 is 0 Å². The Balaban J connectivity index is 1.68. The highest BCUT2D eigenvalue weighted by Crippen LogP contribution is 2.43. The molecule has 0 fully saturated rings. The SMILES string of the molecule is Cc1ccc(C2=Cc3cc4c(c(-c5ccccc5)c3C2)CCC4)o1. The van der Waals surface area contributed by atoms with Crippen LogP contribution in [0.15, 0.2) is 52.9 Å². The summed E-state index contributed by atoms with van der Waals surface area (Å²) in [5.41, 5.74) is 10.1. The summed E-state index contributed by atoms with van der Waals surface area (Å²) in [5.74, 6) is 2.00. The van der Waals surface area contributed by atoms with Crippen molar-refractivity contribution < 1.29 is 4.42 Å². The van der Waals surface area contributed by atoms with Crippen LogP contribution in [0.5, 0.6) is 0 Å². The van der Waals surface area contributed by atoms with E-state index in [1.807, 2.05) is 6.92 Å². The van der Waals surface area contributed by atoms with Crippen molar-refractivity contribution in [3.8, 4) is 11.1 Å². The highest BCUT2D eigenvalue weighted by molar-refractivity contribution is 5.92. The van der Waals surface area contributed by atoms with E-state index in [-0.39, 0.29) is 0 Å². The van der Waals surface area contributed by atoms with E-state index in [1.54, 1.807) is 11.1 Å². The minimum atomic E-state index is 0.972. The minimum absolute atomic E-state index is 0.972. The average Bonchev–Trinajstić information content (AvgIpc) is 3.31. The number of allylic oxidation sites excluding steroid dienone is 1. The fraction of sp³-hybridized carbons (Fsp3) is 0.217. The van der Waals surface area contributed by atoms with Crippen molar-refractivity contribution in [2.24, 2.45) is 0 Å². The van der Waals surface area contributed by atoms with Gasteiger partial charge in [-0.2, -0.15) is 0 Å². The second kappa shape index (κ2) is 5.24. The molecule has 0 radical (unpaired) electrons. The molecule has 0 atom stereocenters. The summed E-state index contributed by atoms with van der Waals surface area (Å²) in [7, 11) is 0. The maximum absolute atomic E-state index is 5.88. The normalized spacial score (nSPS) is 15.3. The Labute approximate surface area is 142 Å². The van der Waals surface area contributed by atoms with E-state index in [0.29, 0.717) is 0 Å². The van der Waals surface area contributed by atoms with Crippen molar-refractivity contribution in [3.63, 3.8) is 0 Å². The molecule has 24 heavy (non-hydrogen) atoms. The van der Waals surface area contributed by atoms with Crippen LogP contribution in [0.4, 0.5) is 0 Å². The standard InChI is InChI=1S/C23H20O/c1-15-10-11-22(24-15)19-13-18-12-17-8-5-9-20(17)23(21(18)14-19)16-6-3-2-4-7-16/h2-4,6-7,10-13H,5,8-9,14H2,1H3. The fourth-order valence-electron chi connectivity index (χ4n) is 4.28. The van der Waals surface area contributed by atoms with Gasteiger partial charge in [0.05, 0.1) is 0 Å². The molecule has 1 heteroatoms. The average molecular weight is 312 g/mol. The number of aryl methyl sites for hydroxylation is 2. The van der Waals surface area contributed by atoms with E-state index in [4.69, 9.17) is 4.42 Å². The molecule has 5 rings (SSSR count). The first-order chi connectivity index (χ1) is 11.8. The Bertz CT molecular complexity index is 957. The van der Waals surface area contributed by atoms with Crippen molar-refractivity contribution in [3.05, 3.63) is 82.3 Å². The largest absolute Gasteiger partial charge is 0.462 e. The van der Waals surface area contributed by atoms with E-state index in [2.05, 4.69) is 54.6 Å². The second-order valence-corrected chi connectivity index (χ2v) is 6.93. The molecule has 0 aliphatic heterocycles. The first kappa shape index (κ1) is 13.9. The zero-order chi connectivity index (χ0) is 16.1. The van der Waals surface area contributed by atoms with Gasteiger partial charge in [-0.15, -0.1) is 0 Å². The lowest BCUT2D eigenvalue weighted by atomic mass is 9.89. The predicted molar refractivity (Wildman–Crippen MR) is 98.9 cm³/mol. The van der Waals surface area contributed by atoms with Crippen LogP contribution >= 0.6 is 0 Å². The molecule has 2 aliphatic rings. The Morgan fingerprint density at radius 2 is 1.79 bits per heavy atom. The smallest absolute Gasteiger partial charge is 0.130 e. The highest BCUT2D eigenvalue weighted by atomic mass is 16.3. The van der Waals surface area contributed by atoms with Gasteiger partial charge in [0, 0.05) is 6.42 Å². The Kier molecular flexibility index (Phi) is 3.02. The van der Waals surface area contributed by atoms with Crippen molar-refractivity contribution in [1.82, 2.24) is 0 Å². The lowest BCUT2D eigenvalue weighted by molar-refractivity contribution is 0.521. The van der Waals surface area contributed by atoms with E-state index >= 15 is 0 Å². The first-order valence-corrected chi connectivity index (χ1v) is 8.80. The van der Waals surface area contributed by atoms with Gasteiger partial charge in [0.25, 0.3) is 0 Å². The molecule has 0 amide bonds. The third kappa shape index (κ3) is 2.08. The van der Waals surface area contributed by atoms with Gasteiger partial charge in [-0.05, 0) is 83.3 Å². The van der Waals surface area contributed by atoms with Gasteiger partial charge in [-0.25, -0.2) is 0 Å². The molecule has 0 bridgehead atoms. The molecule has 2 aromatic carbocycles. The van der Waals surface area contributed by atoms with Crippen LogP contribution in [-0.4, -0.2) is 0 Å². The van der Waals surface area contributed by atoms with E-state index in [0.717, 1.165) is 17.9 Å². The zero-order valence-electron chi connectivity index (χ0n) is 13.9. The lowest BCUT2D eigenvalue weighted by Gasteiger charge is -2.15. The molecule has 1 heterocycles. The van der Waals surface area contributed by atoms with Crippen LogP contribution in [0.1, 0.15) is 40.2 Å². The molecule has 0 saturated carbocycles. The van der Waals surface area contributed by atoms with Crippen molar-refractivity contribution in [2.45, 2.75) is 32.6 Å². The maximum Gasteiger partial charge on any atom is 0.130 e. The molecular formula is C23H20O.